The van der Waals surface area contributed by atoms with Gasteiger partial charge in [0.2, 0.25) is 5.91 Å². The predicted octanol–water partition coefficient (Wildman–Crippen LogP) is 1.33. The lowest BCUT2D eigenvalue weighted by molar-refractivity contribution is -0.129. The van der Waals surface area contributed by atoms with Crippen LogP contribution in [0.1, 0.15) is 42.9 Å². The molecule has 2 N–H and O–H groups in total. The molecule has 1 saturated heterocycles. The number of nitrogens with one attached hydrogen (secondary N) is 2. The highest BCUT2D eigenvalue weighted by atomic mass is 19.3. The Morgan fingerprint density at radius 3 is 2.81 bits per heavy atom. The lowest BCUT2D eigenvalue weighted by Gasteiger charge is -2.20. The van der Waals surface area contributed by atoms with Crippen LogP contribution in [0.3, 0.4) is 0 Å². The Morgan fingerprint density at radius 2 is 2.29 bits per heavy atom. The zero-order valence-corrected chi connectivity index (χ0v) is 11.9. The van der Waals surface area contributed by atoms with Crippen molar-refractivity contribution in [2.75, 3.05) is 13.1 Å². The van der Waals surface area contributed by atoms with E-state index in [0.29, 0.717) is 19.5 Å². The summed E-state index contributed by atoms with van der Waals surface area (Å²) in [6.45, 7) is 4.80. The van der Waals surface area contributed by atoms with Crippen LogP contribution in [0.4, 0.5) is 8.78 Å². The van der Waals surface area contributed by atoms with Gasteiger partial charge in [0.1, 0.15) is 11.4 Å². The van der Waals surface area contributed by atoms with Crippen LogP contribution in [0.25, 0.3) is 0 Å². The summed E-state index contributed by atoms with van der Waals surface area (Å²) in [4.78, 5) is 25.3. The highest BCUT2D eigenvalue weighted by Gasteiger charge is 2.31. The van der Waals surface area contributed by atoms with Gasteiger partial charge in [-0.3, -0.25) is 14.7 Å². The average Bonchev–Trinajstić information content (AvgIpc) is 3.02. The van der Waals surface area contributed by atoms with Gasteiger partial charge in [0.25, 0.3) is 12.3 Å². The van der Waals surface area contributed by atoms with E-state index >= 15 is 0 Å². The molecule has 0 spiro atoms. The predicted molar refractivity (Wildman–Crippen MR) is 70.8 cm³/mol. The van der Waals surface area contributed by atoms with Crippen molar-refractivity contribution < 1.29 is 18.4 Å². The number of carbonyl (C=O) groups is 2. The second kappa shape index (κ2) is 6.19. The van der Waals surface area contributed by atoms with E-state index in [4.69, 9.17) is 0 Å². The zero-order valence-electron chi connectivity index (χ0n) is 11.9. The van der Waals surface area contributed by atoms with Gasteiger partial charge in [-0.05, 0) is 19.9 Å². The lowest BCUT2D eigenvalue weighted by Crippen LogP contribution is -2.34. The molecule has 2 rings (SSSR count). The molecule has 1 atom stereocenters. The first-order valence-electron chi connectivity index (χ1n) is 6.79. The number of nitrogens with zero attached hydrogens (tertiary/aromatic N) is 2. The molecule has 116 valence electrons. The number of carbonyl (C=O) groups excluding carboxylic acids is 2. The second-order valence-electron chi connectivity index (χ2n) is 5.43. The highest BCUT2D eigenvalue weighted by Crippen LogP contribution is 2.20. The fourth-order valence-electron chi connectivity index (χ4n) is 2.34. The summed E-state index contributed by atoms with van der Waals surface area (Å²) in [5, 5.41) is 8.29. The molecular formula is C13H18F2N4O2. The van der Waals surface area contributed by atoms with Gasteiger partial charge in [-0.25, -0.2) is 8.78 Å². The number of alkyl halides is 2. The Morgan fingerprint density at radius 1 is 1.57 bits per heavy atom. The lowest BCUT2D eigenvalue weighted by atomic mass is 10.1. The van der Waals surface area contributed by atoms with Crippen LogP contribution < -0.4 is 5.32 Å². The van der Waals surface area contributed by atoms with Crippen molar-refractivity contribution >= 4 is 11.8 Å². The molecule has 2 heterocycles. The van der Waals surface area contributed by atoms with E-state index in [1.807, 2.05) is 13.8 Å². The van der Waals surface area contributed by atoms with Gasteiger partial charge >= 0.3 is 0 Å². The van der Waals surface area contributed by atoms with Crippen molar-refractivity contribution in [3.63, 3.8) is 0 Å². The summed E-state index contributed by atoms with van der Waals surface area (Å²) in [7, 11) is 0. The third kappa shape index (κ3) is 3.56. The molecule has 6 nitrogen and oxygen atoms in total. The highest BCUT2D eigenvalue weighted by molar-refractivity contribution is 5.92. The van der Waals surface area contributed by atoms with Crippen LogP contribution in [0, 0.1) is 5.92 Å². The van der Waals surface area contributed by atoms with Crippen LogP contribution in [-0.2, 0) is 4.79 Å². The topological polar surface area (TPSA) is 78.1 Å². The molecule has 1 aromatic rings. The number of hydrogen-bond acceptors (Lipinski definition) is 3. The molecule has 8 heteroatoms. The van der Waals surface area contributed by atoms with Crippen molar-refractivity contribution in [1.29, 1.82) is 0 Å². The third-order valence-corrected chi connectivity index (χ3v) is 3.48. The van der Waals surface area contributed by atoms with Gasteiger partial charge in [-0.15, -0.1) is 0 Å². The summed E-state index contributed by atoms with van der Waals surface area (Å²) in [6.07, 6.45) is -2.30. The van der Waals surface area contributed by atoms with Crippen LogP contribution >= 0.6 is 0 Å². The fraction of sp³-hybridized carbons (Fsp3) is 0.615. The number of halogens is 2. The number of aromatic nitrogens is 2. The van der Waals surface area contributed by atoms with Gasteiger partial charge in [0.05, 0.1) is 0 Å². The molecular weight excluding hydrogens is 282 g/mol. The molecule has 0 radical (unpaired) electrons. The molecule has 1 fully saturated rings. The maximum Gasteiger partial charge on any atom is 0.279 e. The molecule has 0 unspecified atom stereocenters. The van der Waals surface area contributed by atoms with Crippen LogP contribution in [-0.4, -0.2) is 46.0 Å². The first kappa shape index (κ1) is 15.4. The first-order valence-corrected chi connectivity index (χ1v) is 6.79. The van der Waals surface area contributed by atoms with Crippen molar-refractivity contribution in [2.24, 2.45) is 5.92 Å². The van der Waals surface area contributed by atoms with Crippen LogP contribution in [0.5, 0.6) is 0 Å². The average molecular weight is 300 g/mol. The second-order valence-corrected chi connectivity index (χ2v) is 5.43. The first-order chi connectivity index (χ1) is 9.88. The zero-order chi connectivity index (χ0) is 15.6. The Labute approximate surface area is 120 Å². The van der Waals surface area contributed by atoms with Gasteiger partial charge in [-0.2, -0.15) is 5.10 Å². The normalized spacial score (nSPS) is 18.9. The molecule has 1 aliphatic rings. The number of hydrogen-bond donors (Lipinski definition) is 2. The van der Waals surface area contributed by atoms with Gasteiger partial charge < -0.3 is 10.2 Å². The molecule has 0 aromatic carbocycles. The molecule has 2 amide bonds. The van der Waals surface area contributed by atoms with Crippen LogP contribution in [0.2, 0.25) is 0 Å². The molecule has 0 bridgehead atoms. The number of aromatic amines is 1. The van der Waals surface area contributed by atoms with Gasteiger partial charge in [-0.1, -0.05) is 0 Å². The number of H-pyrrole nitrogens is 1. The number of rotatable bonds is 5. The summed E-state index contributed by atoms with van der Waals surface area (Å²) >= 11 is 0. The fourth-order valence-corrected chi connectivity index (χ4v) is 2.34. The number of likely N-dealkylation sites (tertiary alicyclic amines) is 1. The van der Waals surface area contributed by atoms with E-state index in [1.54, 1.807) is 4.90 Å². The summed E-state index contributed by atoms with van der Waals surface area (Å²) in [5.74, 6) is -0.407. The minimum Gasteiger partial charge on any atom is -0.350 e. The minimum absolute atomic E-state index is 0.0392. The quantitative estimate of drug-likeness (QED) is 0.861. The molecule has 21 heavy (non-hydrogen) atoms. The third-order valence-electron chi connectivity index (χ3n) is 3.48. The van der Waals surface area contributed by atoms with E-state index in [-0.39, 0.29) is 29.3 Å². The standard InChI is InChI=1S/C13H18F2N4O2/c1-7(2)19-6-8(3-11(19)20)5-16-13(21)10-4-9(12(14)15)17-18-10/h4,7-8,12H,3,5-6H2,1-2H3,(H,16,21)(H,17,18)/t8-/m1/s1. The maximum atomic E-state index is 12.4. The maximum absolute atomic E-state index is 12.4. The van der Waals surface area contributed by atoms with E-state index in [9.17, 15) is 18.4 Å². The summed E-state index contributed by atoms with van der Waals surface area (Å²) in [5.41, 5.74) is -0.461. The SMILES string of the molecule is CC(C)N1C[C@@H](CNC(=O)c2cc(C(F)F)[nH]n2)CC1=O. The smallest absolute Gasteiger partial charge is 0.279 e. The molecule has 0 aliphatic carbocycles. The van der Waals surface area contributed by atoms with Crippen molar-refractivity contribution in [1.82, 2.24) is 20.4 Å². The molecule has 0 saturated carbocycles. The van der Waals surface area contributed by atoms with E-state index in [1.165, 1.54) is 0 Å². The van der Waals surface area contributed by atoms with E-state index in [2.05, 4.69) is 15.5 Å². The van der Waals surface area contributed by atoms with Crippen molar-refractivity contribution in [3.8, 4) is 0 Å². The van der Waals surface area contributed by atoms with Gasteiger partial charge in [0, 0.05) is 31.5 Å². The van der Waals surface area contributed by atoms with Crippen molar-refractivity contribution in [3.05, 3.63) is 17.5 Å². The summed E-state index contributed by atoms with van der Waals surface area (Å²) in [6, 6.07) is 1.17. The number of amides is 2. The Kier molecular flexibility index (Phi) is 4.54. The molecule has 1 aliphatic heterocycles. The van der Waals surface area contributed by atoms with E-state index in [0.717, 1.165) is 6.07 Å². The van der Waals surface area contributed by atoms with Crippen LogP contribution in [0.15, 0.2) is 6.07 Å². The Balaban J connectivity index is 1.85. The Bertz CT molecular complexity index is 530. The van der Waals surface area contributed by atoms with Crippen molar-refractivity contribution in [2.45, 2.75) is 32.7 Å². The molecule has 1 aromatic heterocycles. The summed E-state index contributed by atoms with van der Waals surface area (Å²) < 4.78 is 24.8. The largest absolute Gasteiger partial charge is 0.350 e. The van der Waals surface area contributed by atoms with Gasteiger partial charge in [0.15, 0.2) is 0 Å². The van der Waals surface area contributed by atoms with E-state index < -0.39 is 12.3 Å². The monoisotopic (exact) mass is 300 g/mol. The minimum atomic E-state index is -2.69. The Hall–Kier alpha value is -1.99.